The van der Waals surface area contributed by atoms with Crippen LogP contribution in [0, 0.1) is 11.8 Å². The number of rotatable bonds is 6. The standard InChI is InChI=1S/C10H20O2/c1-4-7-8(5-2)9(6-3)10(11)12/h8-9H,4-7H2,1-3H3,(H,11,12)/p-1. The summed E-state index contributed by atoms with van der Waals surface area (Å²) >= 11 is 0. The molecule has 12 heavy (non-hydrogen) atoms. The van der Waals surface area contributed by atoms with Gasteiger partial charge in [-0.05, 0) is 12.3 Å². The zero-order valence-electron chi connectivity index (χ0n) is 8.30. The van der Waals surface area contributed by atoms with Gasteiger partial charge < -0.3 is 9.90 Å². The van der Waals surface area contributed by atoms with E-state index < -0.39 is 5.97 Å². The van der Waals surface area contributed by atoms with Gasteiger partial charge in [-0.25, -0.2) is 0 Å². The molecule has 72 valence electrons. The topological polar surface area (TPSA) is 40.1 Å². The molecule has 0 aromatic rings. The maximum Gasteiger partial charge on any atom is 0.0447 e. The second-order valence-corrected chi connectivity index (χ2v) is 3.29. The fraction of sp³-hybridized carbons (Fsp3) is 0.900. The fourth-order valence-corrected chi connectivity index (χ4v) is 1.75. The van der Waals surface area contributed by atoms with Crippen LogP contribution in [0.5, 0.6) is 0 Å². The van der Waals surface area contributed by atoms with Crippen LogP contribution in [0.2, 0.25) is 0 Å². The van der Waals surface area contributed by atoms with Crippen molar-refractivity contribution in [2.45, 2.75) is 46.5 Å². The summed E-state index contributed by atoms with van der Waals surface area (Å²) in [5.41, 5.74) is 0. The lowest BCUT2D eigenvalue weighted by Crippen LogP contribution is -2.35. The van der Waals surface area contributed by atoms with Crippen LogP contribution in [0.4, 0.5) is 0 Å². The van der Waals surface area contributed by atoms with Crippen molar-refractivity contribution in [1.29, 1.82) is 0 Å². The second kappa shape index (κ2) is 6.04. The molecule has 0 amide bonds. The van der Waals surface area contributed by atoms with Crippen molar-refractivity contribution in [2.24, 2.45) is 11.8 Å². The molecule has 2 unspecified atom stereocenters. The molecule has 0 bridgehead atoms. The average Bonchev–Trinajstić information content (AvgIpc) is 2.03. The lowest BCUT2D eigenvalue weighted by atomic mass is 9.85. The quantitative estimate of drug-likeness (QED) is 0.609. The lowest BCUT2D eigenvalue weighted by molar-refractivity contribution is -0.313. The average molecular weight is 171 g/mol. The molecule has 0 N–H and O–H groups in total. The van der Waals surface area contributed by atoms with Crippen molar-refractivity contribution in [3.05, 3.63) is 0 Å². The molecule has 0 aromatic heterocycles. The third kappa shape index (κ3) is 3.24. The first kappa shape index (κ1) is 11.5. The molecular weight excluding hydrogens is 152 g/mol. The third-order valence-electron chi connectivity index (χ3n) is 2.50. The van der Waals surface area contributed by atoms with Crippen LogP contribution in [-0.2, 0) is 4.79 Å². The number of carbonyl (C=O) groups excluding carboxylic acids is 1. The van der Waals surface area contributed by atoms with Gasteiger partial charge in [0, 0.05) is 11.9 Å². The molecule has 2 atom stereocenters. The fourth-order valence-electron chi connectivity index (χ4n) is 1.75. The SMILES string of the molecule is CCCC(CC)C(CC)C(=O)[O-]. The van der Waals surface area contributed by atoms with Gasteiger partial charge in [0.1, 0.15) is 0 Å². The first-order valence-corrected chi connectivity index (χ1v) is 4.88. The Morgan fingerprint density at radius 2 is 1.83 bits per heavy atom. The van der Waals surface area contributed by atoms with E-state index in [4.69, 9.17) is 0 Å². The summed E-state index contributed by atoms with van der Waals surface area (Å²) in [6, 6.07) is 0. The van der Waals surface area contributed by atoms with Crippen LogP contribution >= 0.6 is 0 Å². The minimum atomic E-state index is -0.877. The molecule has 0 saturated heterocycles. The minimum absolute atomic E-state index is 0.241. The zero-order valence-corrected chi connectivity index (χ0v) is 8.30. The van der Waals surface area contributed by atoms with E-state index in [0.29, 0.717) is 12.3 Å². The Kier molecular flexibility index (Phi) is 5.77. The van der Waals surface area contributed by atoms with Crippen LogP contribution in [0.15, 0.2) is 0 Å². The highest BCUT2D eigenvalue weighted by Gasteiger charge is 2.17. The maximum atomic E-state index is 10.7. The summed E-state index contributed by atoms with van der Waals surface area (Å²) in [6.45, 7) is 6.05. The highest BCUT2D eigenvalue weighted by atomic mass is 16.4. The van der Waals surface area contributed by atoms with Crippen molar-refractivity contribution >= 4 is 5.97 Å². The summed E-state index contributed by atoms with van der Waals surface area (Å²) in [7, 11) is 0. The molecule has 0 fully saturated rings. The Morgan fingerprint density at radius 3 is 2.08 bits per heavy atom. The van der Waals surface area contributed by atoms with E-state index in [9.17, 15) is 9.90 Å². The lowest BCUT2D eigenvalue weighted by Gasteiger charge is -2.25. The Labute approximate surface area is 75.0 Å². The van der Waals surface area contributed by atoms with Crippen molar-refractivity contribution < 1.29 is 9.90 Å². The Balaban J connectivity index is 4.12. The molecule has 0 aliphatic heterocycles. The summed E-state index contributed by atoms with van der Waals surface area (Å²) < 4.78 is 0. The molecule has 0 aliphatic rings. The van der Waals surface area contributed by atoms with Gasteiger partial charge in [-0.2, -0.15) is 0 Å². The Bertz CT molecular complexity index is 132. The van der Waals surface area contributed by atoms with Crippen molar-refractivity contribution in [2.75, 3.05) is 0 Å². The van der Waals surface area contributed by atoms with Gasteiger partial charge in [0.2, 0.25) is 0 Å². The Hall–Kier alpha value is -0.530. The molecular formula is C10H19O2-. The number of hydrogen-bond acceptors (Lipinski definition) is 2. The van der Waals surface area contributed by atoms with Crippen LogP contribution in [0.25, 0.3) is 0 Å². The normalized spacial score (nSPS) is 15.6. The molecule has 0 radical (unpaired) electrons. The molecule has 0 heterocycles. The van der Waals surface area contributed by atoms with Gasteiger partial charge in [-0.1, -0.05) is 40.0 Å². The Morgan fingerprint density at radius 1 is 1.25 bits per heavy atom. The highest BCUT2D eigenvalue weighted by Crippen LogP contribution is 2.23. The van der Waals surface area contributed by atoms with Crippen LogP contribution < -0.4 is 5.11 Å². The van der Waals surface area contributed by atoms with Gasteiger partial charge in [0.05, 0.1) is 0 Å². The number of aliphatic carboxylic acids is 1. The van der Waals surface area contributed by atoms with Gasteiger partial charge >= 0.3 is 0 Å². The molecule has 0 rings (SSSR count). The van der Waals surface area contributed by atoms with Crippen molar-refractivity contribution in [3.8, 4) is 0 Å². The zero-order chi connectivity index (χ0) is 9.56. The second-order valence-electron chi connectivity index (χ2n) is 3.29. The van der Waals surface area contributed by atoms with Crippen molar-refractivity contribution in [3.63, 3.8) is 0 Å². The molecule has 0 aliphatic carbocycles. The minimum Gasteiger partial charge on any atom is -0.550 e. The molecule has 0 saturated carbocycles. The van der Waals surface area contributed by atoms with E-state index in [2.05, 4.69) is 6.92 Å². The molecule has 0 spiro atoms. The summed E-state index contributed by atoms with van der Waals surface area (Å²) in [4.78, 5) is 10.7. The number of carbonyl (C=O) groups is 1. The monoisotopic (exact) mass is 171 g/mol. The van der Waals surface area contributed by atoms with Gasteiger partial charge in [0.25, 0.3) is 0 Å². The highest BCUT2D eigenvalue weighted by molar-refractivity contribution is 5.67. The van der Waals surface area contributed by atoms with E-state index in [1.807, 2.05) is 13.8 Å². The van der Waals surface area contributed by atoms with E-state index in [0.717, 1.165) is 19.3 Å². The van der Waals surface area contributed by atoms with E-state index in [1.165, 1.54) is 0 Å². The number of carboxylic acids is 1. The maximum absolute atomic E-state index is 10.7. The van der Waals surface area contributed by atoms with Gasteiger partial charge in [-0.3, -0.25) is 0 Å². The largest absolute Gasteiger partial charge is 0.550 e. The summed E-state index contributed by atoms with van der Waals surface area (Å²) in [6.07, 6.45) is 3.70. The predicted molar refractivity (Wildman–Crippen MR) is 47.5 cm³/mol. The first-order chi connectivity index (χ1) is 5.67. The molecule has 2 heteroatoms. The van der Waals surface area contributed by atoms with Crippen LogP contribution in [0.3, 0.4) is 0 Å². The van der Waals surface area contributed by atoms with Gasteiger partial charge in [-0.15, -0.1) is 0 Å². The van der Waals surface area contributed by atoms with E-state index >= 15 is 0 Å². The number of hydrogen-bond donors (Lipinski definition) is 0. The predicted octanol–water partition coefficient (Wildman–Crippen LogP) is 1.59. The van der Waals surface area contributed by atoms with Crippen LogP contribution in [-0.4, -0.2) is 5.97 Å². The van der Waals surface area contributed by atoms with Crippen molar-refractivity contribution in [1.82, 2.24) is 0 Å². The van der Waals surface area contributed by atoms with E-state index in [-0.39, 0.29) is 5.92 Å². The number of carboxylic acid groups (broad SMARTS) is 1. The third-order valence-corrected chi connectivity index (χ3v) is 2.50. The first-order valence-electron chi connectivity index (χ1n) is 4.88. The van der Waals surface area contributed by atoms with Gasteiger partial charge in [0.15, 0.2) is 0 Å². The summed E-state index contributed by atoms with van der Waals surface area (Å²) in [5, 5.41) is 10.7. The smallest absolute Gasteiger partial charge is 0.0447 e. The summed E-state index contributed by atoms with van der Waals surface area (Å²) in [5.74, 6) is -0.808. The molecule has 0 aromatic carbocycles. The van der Waals surface area contributed by atoms with E-state index in [1.54, 1.807) is 0 Å². The molecule has 2 nitrogen and oxygen atoms in total. The van der Waals surface area contributed by atoms with Crippen LogP contribution in [0.1, 0.15) is 46.5 Å².